The second-order valence-corrected chi connectivity index (χ2v) is 4.25. The van der Waals surface area contributed by atoms with Gasteiger partial charge in [-0.25, -0.2) is 19.9 Å². The van der Waals surface area contributed by atoms with Crippen LogP contribution in [0.3, 0.4) is 0 Å². The highest BCUT2D eigenvalue weighted by Crippen LogP contribution is 2.09. The maximum atomic E-state index is 5.58. The van der Waals surface area contributed by atoms with Gasteiger partial charge in [-0.2, -0.15) is 0 Å². The Labute approximate surface area is 124 Å². The van der Waals surface area contributed by atoms with E-state index in [0.29, 0.717) is 10.8 Å². The molecule has 3 rings (SSSR count). The molecule has 3 aromatic rings. The summed E-state index contributed by atoms with van der Waals surface area (Å²) < 4.78 is 0. The van der Waals surface area contributed by atoms with Crippen LogP contribution in [0.1, 0.15) is 5.69 Å². The molecule has 0 saturated heterocycles. The number of H-pyrrole nitrogens is 1. The molecule has 0 aromatic carbocycles. The number of nitrogens with zero attached hydrogens (tertiary/aromatic N) is 4. The first-order valence-electron chi connectivity index (χ1n) is 5.30. The van der Waals surface area contributed by atoms with E-state index in [1.165, 1.54) is 12.4 Å². The Morgan fingerprint density at radius 1 is 1.15 bits per heavy atom. The van der Waals surface area contributed by atoms with Crippen LogP contribution in [0.2, 0.25) is 10.3 Å². The molecular weight excluding hydrogens is 299 g/mol. The lowest BCUT2D eigenvalue weighted by Crippen LogP contribution is -1.96. The number of hydrogen-bond acceptors (Lipinski definition) is 5. The normalized spacial score (nSPS) is 9.65. The van der Waals surface area contributed by atoms with Crippen molar-refractivity contribution in [2.45, 2.75) is 0 Å². The Bertz CT molecular complexity index is 777. The first-order valence-corrected chi connectivity index (χ1v) is 6.06. The first kappa shape index (κ1) is 14.1. The van der Waals surface area contributed by atoms with Gasteiger partial charge in [0.2, 0.25) is 0 Å². The average molecular weight is 307 g/mol. The number of halogens is 2. The summed E-state index contributed by atoms with van der Waals surface area (Å²) >= 11 is 11.0. The summed E-state index contributed by atoms with van der Waals surface area (Å²) in [5, 5.41) is 0.659. The number of nitrogen functional groups attached to an aromatic ring is 1. The molecule has 3 N–H and O–H groups in total. The van der Waals surface area contributed by atoms with Gasteiger partial charge >= 0.3 is 0 Å². The molecule has 0 aliphatic heterocycles. The Morgan fingerprint density at radius 3 is 2.55 bits per heavy atom. The van der Waals surface area contributed by atoms with E-state index in [2.05, 4.69) is 30.8 Å². The van der Waals surface area contributed by atoms with E-state index in [9.17, 15) is 0 Å². The molecule has 0 bridgehead atoms. The lowest BCUT2D eigenvalue weighted by Gasteiger charge is -1.94. The molecule has 0 spiro atoms. The number of aromatic amines is 1. The number of nitrogens with one attached hydrogen (secondary N) is 1. The van der Waals surface area contributed by atoms with Crippen molar-refractivity contribution in [3.8, 4) is 12.3 Å². The summed E-state index contributed by atoms with van der Waals surface area (Å²) in [6.07, 6.45) is 9.68. The number of nitrogens with two attached hydrogens (primary N) is 1. The summed E-state index contributed by atoms with van der Waals surface area (Å²) in [6, 6.07) is 1.85. The van der Waals surface area contributed by atoms with Gasteiger partial charge in [0.15, 0.2) is 17.2 Å². The average Bonchev–Trinajstić information content (AvgIpc) is 2.87. The number of fused-ring (bicyclic) bond motifs is 1. The molecule has 0 saturated carbocycles. The minimum absolute atomic E-state index is 0.190. The van der Waals surface area contributed by atoms with Crippen LogP contribution < -0.4 is 5.73 Å². The molecule has 0 aliphatic rings. The topological polar surface area (TPSA) is 93.4 Å². The van der Waals surface area contributed by atoms with Crippen LogP contribution in [0.25, 0.3) is 11.2 Å². The van der Waals surface area contributed by atoms with Crippen LogP contribution in [0.5, 0.6) is 0 Å². The van der Waals surface area contributed by atoms with Gasteiger partial charge in [0.05, 0.1) is 12.4 Å². The zero-order valence-electron chi connectivity index (χ0n) is 10.0. The predicted octanol–water partition coefficient (Wildman–Crippen LogP) is 2.30. The third-order valence-corrected chi connectivity index (χ3v) is 2.50. The molecule has 20 heavy (non-hydrogen) atoms. The van der Waals surface area contributed by atoms with Crippen LogP contribution in [-0.4, -0.2) is 24.9 Å². The van der Waals surface area contributed by atoms with Crippen molar-refractivity contribution in [3.63, 3.8) is 0 Å². The number of hydrogen-bond donors (Lipinski definition) is 2. The van der Waals surface area contributed by atoms with E-state index in [1.807, 2.05) is 6.07 Å². The van der Waals surface area contributed by atoms with Crippen molar-refractivity contribution < 1.29 is 0 Å². The van der Waals surface area contributed by atoms with Crippen molar-refractivity contribution in [3.05, 3.63) is 40.7 Å². The summed E-state index contributed by atoms with van der Waals surface area (Å²) in [7, 11) is 0. The minimum Gasteiger partial charge on any atom is -0.381 e. The van der Waals surface area contributed by atoms with E-state index >= 15 is 0 Å². The summed E-state index contributed by atoms with van der Waals surface area (Å²) in [4.78, 5) is 18.3. The maximum Gasteiger partial charge on any atom is 0.159 e. The quantitative estimate of drug-likeness (QED) is 0.622. The Balaban J connectivity index is 0.000000147. The van der Waals surface area contributed by atoms with Crippen molar-refractivity contribution in [2.24, 2.45) is 0 Å². The van der Waals surface area contributed by atoms with E-state index in [1.54, 1.807) is 6.20 Å². The molecule has 0 atom stereocenters. The maximum absolute atomic E-state index is 5.58. The van der Waals surface area contributed by atoms with Crippen LogP contribution in [0.4, 0.5) is 5.82 Å². The van der Waals surface area contributed by atoms with E-state index < -0.39 is 0 Å². The highest BCUT2D eigenvalue weighted by atomic mass is 35.5. The smallest absolute Gasteiger partial charge is 0.159 e. The molecule has 6 nitrogen and oxygen atoms in total. The monoisotopic (exact) mass is 306 g/mol. The molecule has 0 radical (unpaired) electrons. The van der Waals surface area contributed by atoms with Gasteiger partial charge in [-0.15, -0.1) is 6.42 Å². The molecule has 8 heteroatoms. The molecule has 0 fully saturated rings. The lowest BCUT2D eigenvalue weighted by atomic mass is 10.4. The van der Waals surface area contributed by atoms with Crippen molar-refractivity contribution in [1.82, 2.24) is 24.9 Å². The standard InChI is InChI=1S/2C6H4ClN3/c7-5-3-9-4-1-2-8-6(4)10-5;1-2-4-6(8)10-5(7)3-9-4/h1-3H,(H,8,10);1,3H,(H2,8,10). The van der Waals surface area contributed by atoms with Crippen molar-refractivity contribution in [2.75, 3.05) is 5.73 Å². The molecule has 3 aromatic heterocycles. The third kappa shape index (κ3) is 3.35. The molecular formula is C12H8Cl2N6. The number of anilines is 1. The van der Waals surface area contributed by atoms with Gasteiger partial charge < -0.3 is 10.7 Å². The molecule has 0 unspecified atom stereocenters. The second-order valence-electron chi connectivity index (χ2n) is 3.48. The highest BCUT2D eigenvalue weighted by Gasteiger charge is 1.97. The molecule has 100 valence electrons. The van der Waals surface area contributed by atoms with E-state index in [4.69, 9.17) is 35.4 Å². The van der Waals surface area contributed by atoms with Crippen LogP contribution in [-0.2, 0) is 0 Å². The van der Waals surface area contributed by atoms with Crippen LogP contribution in [0.15, 0.2) is 24.7 Å². The fourth-order valence-electron chi connectivity index (χ4n) is 1.30. The minimum atomic E-state index is 0.190. The summed E-state index contributed by atoms with van der Waals surface area (Å²) in [5.74, 6) is 2.46. The highest BCUT2D eigenvalue weighted by molar-refractivity contribution is 6.29. The van der Waals surface area contributed by atoms with Gasteiger partial charge in [-0.05, 0) is 12.0 Å². The Kier molecular flexibility index (Phi) is 4.35. The number of terminal acetylenes is 1. The van der Waals surface area contributed by atoms with Gasteiger partial charge in [-0.3, -0.25) is 0 Å². The Morgan fingerprint density at radius 2 is 1.85 bits per heavy atom. The third-order valence-electron chi connectivity index (χ3n) is 2.14. The fraction of sp³-hybridized carbons (Fsp3) is 0. The fourth-order valence-corrected chi connectivity index (χ4v) is 1.57. The molecule has 0 amide bonds. The predicted molar refractivity (Wildman–Crippen MR) is 78.3 cm³/mol. The van der Waals surface area contributed by atoms with E-state index in [0.717, 1.165) is 11.2 Å². The summed E-state index contributed by atoms with van der Waals surface area (Å²) in [6.45, 7) is 0. The lowest BCUT2D eigenvalue weighted by molar-refractivity contribution is 1.19. The number of rotatable bonds is 0. The van der Waals surface area contributed by atoms with Gasteiger partial charge in [0, 0.05) is 6.20 Å². The molecule has 3 heterocycles. The van der Waals surface area contributed by atoms with Crippen LogP contribution >= 0.6 is 23.2 Å². The van der Waals surface area contributed by atoms with Crippen molar-refractivity contribution in [1.29, 1.82) is 0 Å². The SMILES string of the molecule is C#Cc1ncc(Cl)nc1N.Clc1cnc2cc[nH]c2n1. The van der Waals surface area contributed by atoms with Gasteiger partial charge in [0.25, 0.3) is 0 Å². The molecule has 0 aliphatic carbocycles. The van der Waals surface area contributed by atoms with Gasteiger partial charge in [-0.1, -0.05) is 23.2 Å². The van der Waals surface area contributed by atoms with Gasteiger partial charge in [0.1, 0.15) is 15.8 Å². The second kappa shape index (κ2) is 6.19. The Hall–Kier alpha value is -2.36. The first-order chi connectivity index (χ1) is 9.60. The largest absolute Gasteiger partial charge is 0.381 e. The zero-order chi connectivity index (χ0) is 14.5. The number of aromatic nitrogens is 5. The zero-order valence-corrected chi connectivity index (χ0v) is 11.5. The van der Waals surface area contributed by atoms with Crippen molar-refractivity contribution >= 4 is 40.2 Å². The van der Waals surface area contributed by atoms with Crippen LogP contribution in [0, 0.1) is 12.3 Å². The van der Waals surface area contributed by atoms with E-state index in [-0.39, 0.29) is 11.0 Å². The summed E-state index contributed by atoms with van der Waals surface area (Å²) in [5.41, 5.74) is 7.22.